The molecule has 5 heteroatoms. The Morgan fingerprint density at radius 1 is 0.324 bits per heavy atom. The number of rotatable bonds is 60. The van der Waals surface area contributed by atoms with E-state index in [0.29, 0.717) is 12.8 Å². The molecule has 0 heterocycles. The number of aliphatic hydroxyl groups is 1. The van der Waals surface area contributed by atoms with Crippen molar-refractivity contribution in [3.05, 3.63) is 36.5 Å². The largest absolute Gasteiger partial charge is 0.462 e. The lowest BCUT2D eigenvalue weighted by atomic mass is 10.0. The van der Waals surface area contributed by atoms with Crippen LogP contribution in [0.5, 0.6) is 0 Å². The summed E-state index contributed by atoms with van der Waals surface area (Å²) >= 11 is 0. The van der Waals surface area contributed by atoms with E-state index in [1.165, 1.54) is 276 Å². The van der Waals surface area contributed by atoms with E-state index in [9.17, 15) is 14.7 Å². The van der Waals surface area contributed by atoms with Crippen LogP contribution in [0.4, 0.5) is 0 Å². The van der Waals surface area contributed by atoms with Crippen LogP contribution in [-0.4, -0.2) is 36.4 Å². The molecule has 0 spiro atoms. The summed E-state index contributed by atoms with van der Waals surface area (Å²) in [5.41, 5.74) is 0. The molecule has 0 saturated carbocycles. The highest BCUT2D eigenvalue weighted by molar-refractivity contribution is 5.70. The molecule has 71 heavy (non-hydrogen) atoms. The van der Waals surface area contributed by atoms with Gasteiger partial charge in [-0.25, -0.2) is 0 Å². The number of ether oxygens (including phenoxy) is 2. The lowest BCUT2D eigenvalue weighted by molar-refractivity contribution is -0.161. The summed E-state index contributed by atoms with van der Waals surface area (Å²) in [6.45, 7) is 4.16. The van der Waals surface area contributed by atoms with E-state index < -0.39 is 6.10 Å². The Labute approximate surface area is 444 Å². The smallest absolute Gasteiger partial charge is 0.306 e. The standard InChI is InChI=1S/C66H124O5/c1-3-5-7-9-11-13-15-17-19-21-22-23-24-25-26-27-28-29-30-31-32-33-34-35-36-37-38-39-40-41-42-43-44-45-47-49-51-53-55-57-59-61-66(69)71-64(62-67)63-70-65(68)60-58-56-54-52-50-48-46-20-18-16-14-12-10-8-6-4-2/h15,17,20-22,46,64,67H,3-14,16,18-19,23-45,47-63H2,1-2H3/b17-15-,22-21-,46-20-. The first kappa shape index (κ1) is 69.1. The number of carbonyl (C=O) groups excluding carboxylic acids is 2. The molecule has 0 aromatic heterocycles. The Hall–Kier alpha value is -1.88. The second-order valence-electron chi connectivity index (χ2n) is 21.8. The molecule has 418 valence electrons. The van der Waals surface area contributed by atoms with E-state index >= 15 is 0 Å². The third kappa shape index (κ3) is 60.6. The predicted octanol–water partition coefficient (Wildman–Crippen LogP) is 21.8. The van der Waals surface area contributed by atoms with Crippen LogP contribution in [-0.2, 0) is 19.1 Å². The Kier molecular flexibility index (Phi) is 60.8. The monoisotopic (exact) mass is 997 g/mol. The molecule has 0 aliphatic carbocycles. The Bertz CT molecular complexity index is 1130. The molecular weight excluding hydrogens is 873 g/mol. The molecule has 0 aromatic rings. The van der Waals surface area contributed by atoms with Crippen molar-refractivity contribution in [2.75, 3.05) is 13.2 Å². The number of esters is 2. The van der Waals surface area contributed by atoms with Crippen molar-refractivity contribution in [3.63, 3.8) is 0 Å². The fraction of sp³-hybridized carbons (Fsp3) is 0.879. The normalized spacial score (nSPS) is 12.3. The minimum atomic E-state index is -0.772. The third-order valence-electron chi connectivity index (χ3n) is 14.7. The average molecular weight is 998 g/mol. The number of hydrogen-bond donors (Lipinski definition) is 1. The Morgan fingerprint density at radius 2 is 0.563 bits per heavy atom. The minimum Gasteiger partial charge on any atom is -0.462 e. The van der Waals surface area contributed by atoms with Crippen LogP contribution in [0.15, 0.2) is 36.5 Å². The van der Waals surface area contributed by atoms with Gasteiger partial charge in [0, 0.05) is 12.8 Å². The molecule has 0 fully saturated rings. The molecule has 5 nitrogen and oxygen atoms in total. The van der Waals surface area contributed by atoms with Gasteiger partial charge < -0.3 is 14.6 Å². The maximum absolute atomic E-state index is 12.3. The molecule has 0 bridgehead atoms. The molecular formula is C66H124O5. The van der Waals surface area contributed by atoms with Gasteiger partial charge in [-0.2, -0.15) is 0 Å². The van der Waals surface area contributed by atoms with Crippen LogP contribution in [0.25, 0.3) is 0 Å². The maximum Gasteiger partial charge on any atom is 0.306 e. The average Bonchev–Trinajstić information content (AvgIpc) is 3.37. The van der Waals surface area contributed by atoms with E-state index in [1.807, 2.05) is 0 Å². The van der Waals surface area contributed by atoms with Crippen molar-refractivity contribution in [3.8, 4) is 0 Å². The van der Waals surface area contributed by atoms with Gasteiger partial charge in [-0.05, 0) is 70.6 Å². The second-order valence-corrected chi connectivity index (χ2v) is 21.8. The molecule has 0 amide bonds. The summed E-state index contributed by atoms with van der Waals surface area (Å²) in [5.74, 6) is -0.582. The molecule has 0 aromatic carbocycles. The van der Waals surface area contributed by atoms with Gasteiger partial charge in [0.1, 0.15) is 6.61 Å². The van der Waals surface area contributed by atoms with E-state index in [-0.39, 0.29) is 25.2 Å². The van der Waals surface area contributed by atoms with Crippen LogP contribution < -0.4 is 0 Å². The van der Waals surface area contributed by atoms with Crippen molar-refractivity contribution in [2.45, 2.75) is 360 Å². The summed E-state index contributed by atoms with van der Waals surface area (Å²) < 4.78 is 10.7. The third-order valence-corrected chi connectivity index (χ3v) is 14.7. The van der Waals surface area contributed by atoms with Crippen LogP contribution >= 0.6 is 0 Å². The lowest BCUT2D eigenvalue weighted by Gasteiger charge is -2.15. The summed E-state index contributed by atoms with van der Waals surface area (Å²) in [6, 6.07) is 0. The molecule has 0 aliphatic rings. The van der Waals surface area contributed by atoms with Crippen molar-refractivity contribution in [2.24, 2.45) is 0 Å². The van der Waals surface area contributed by atoms with E-state index in [0.717, 1.165) is 51.4 Å². The van der Waals surface area contributed by atoms with E-state index in [2.05, 4.69) is 50.3 Å². The van der Waals surface area contributed by atoms with Gasteiger partial charge in [-0.1, -0.05) is 307 Å². The van der Waals surface area contributed by atoms with Gasteiger partial charge in [0.2, 0.25) is 0 Å². The SMILES string of the molecule is CCCCCCC/C=C\C/C=C\CCCCCCCCCCCCCCCCCCCCCCCCCCCCCCCC(=O)OC(CO)COC(=O)CCCCCCC/C=C\CCCCCCCCC. The number of carbonyl (C=O) groups is 2. The second kappa shape index (κ2) is 62.4. The highest BCUT2D eigenvalue weighted by atomic mass is 16.6. The summed E-state index contributed by atoms with van der Waals surface area (Å²) in [4.78, 5) is 24.5. The van der Waals surface area contributed by atoms with Gasteiger partial charge in [0.25, 0.3) is 0 Å². The number of aliphatic hydroxyl groups excluding tert-OH is 1. The fourth-order valence-electron chi connectivity index (χ4n) is 9.82. The zero-order valence-electron chi connectivity index (χ0n) is 48.0. The molecule has 0 saturated heterocycles. The number of unbranched alkanes of at least 4 members (excludes halogenated alkanes) is 46. The zero-order valence-corrected chi connectivity index (χ0v) is 48.0. The fourth-order valence-corrected chi connectivity index (χ4v) is 9.82. The first-order valence-corrected chi connectivity index (χ1v) is 32.0. The molecule has 0 aliphatic heterocycles. The van der Waals surface area contributed by atoms with Gasteiger partial charge in [-0.15, -0.1) is 0 Å². The minimum absolute atomic E-state index is 0.0648. The highest BCUT2D eigenvalue weighted by Crippen LogP contribution is 2.18. The summed E-state index contributed by atoms with van der Waals surface area (Å²) in [7, 11) is 0. The highest BCUT2D eigenvalue weighted by Gasteiger charge is 2.16. The quantitative estimate of drug-likeness (QED) is 0.0373. The zero-order chi connectivity index (χ0) is 51.3. The van der Waals surface area contributed by atoms with Crippen molar-refractivity contribution >= 4 is 11.9 Å². The van der Waals surface area contributed by atoms with Crippen LogP contribution in [0.3, 0.4) is 0 Å². The first-order chi connectivity index (χ1) is 35.1. The van der Waals surface area contributed by atoms with Gasteiger partial charge in [0.15, 0.2) is 6.10 Å². The predicted molar refractivity (Wildman–Crippen MR) is 311 cm³/mol. The topological polar surface area (TPSA) is 72.8 Å². The molecule has 1 unspecified atom stereocenters. The van der Waals surface area contributed by atoms with Gasteiger partial charge in [0.05, 0.1) is 6.61 Å². The van der Waals surface area contributed by atoms with E-state index in [1.54, 1.807) is 0 Å². The van der Waals surface area contributed by atoms with Crippen LogP contribution in [0, 0.1) is 0 Å². The van der Waals surface area contributed by atoms with Crippen LogP contribution in [0.1, 0.15) is 354 Å². The first-order valence-electron chi connectivity index (χ1n) is 32.0. The lowest BCUT2D eigenvalue weighted by Crippen LogP contribution is -2.28. The summed E-state index contributed by atoms with van der Waals surface area (Å²) in [5, 5.41) is 9.65. The van der Waals surface area contributed by atoms with Crippen molar-refractivity contribution in [1.82, 2.24) is 0 Å². The number of hydrogen-bond acceptors (Lipinski definition) is 5. The van der Waals surface area contributed by atoms with Crippen molar-refractivity contribution < 1.29 is 24.2 Å². The maximum atomic E-state index is 12.3. The molecule has 0 radical (unpaired) electrons. The molecule has 1 atom stereocenters. The number of allylic oxidation sites excluding steroid dienone is 6. The van der Waals surface area contributed by atoms with E-state index in [4.69, 9.17) is 9.47 Å². The Balaban J connectivity index is 3.35. The Morgan fingerprint density at radius 3 is 0.845 bits per heavy atom. The summed E-state index contributed by atoms with van der Waals surface area (Å²) in [6.07, 6.45) is 81.7. The molecule has 0 rings (SSSR count). The molecule has 1 N–H and O–H groups in total. The van der Waals surface area contributed by atoms with Crippen molar-refractivity contribution in [1.29, 1.82) is 0 Å². The van der Waals surface area contributed by atoms with Crippen LogP contribution in [0.2, 0.25) is 0 Å². The van der Waals surface area contributed by atoms with Gasteiger partial charge >= 0.3 is 11.9 Å². The van der Waals surface area contributed by atoms with Gasteiger partial charge in [-0.3, -0.25) is 9.59 Å².